The summed E-state index contributed by atoms with van der Waals surface area (Å²) in [6, 6.07) is 31.5. The second-order valence-electron chi connectivity index (χ2n) is 6.25. The largest absolute Gasteiger partial charge is 0.356 e. The first kappa shape index (κ1) is 17.0. The minimum atomic E-state index is 0.000745. The Hall–Kier alpha value is -2.87. The average Bonchev–Trinajstić information content (AvgIpc) is 2.67. The summed E-state index contributed by atoms with van der Waals surface area (Å²) >= 11 is 0. The average molecular weight is 329 g/mol. The lowest BCUT2D eigenvalue weighted by Gasteiger charge is -2.29. The van der Waals surface area contributed by atoms with Crippen LogP contribution in [-0.2, 0) is 4.79 Å². The van der Waals surface area contributed by atoms with Crippen molar-refractivity contribution in [2.45, 2.75) is 18.8 Å². The van der Waals surface area contributed by atoms with Gasteiger partial charge in [0, 0.05) is 25.3 Å². The summed E-state index contributed by atoms with van der Waals surface area (Å²) in [6.45, 7) is 2.18. The third-order valence-corrected chi connectivity index (χ3v) is 4.52. The zero-order valence-electron chi connectivity index (χ0n) is 14.4. The van der Waals surface area contributed by atoms with Crippen molar-refractivity contribution in [1.29, 1.82) is 0 Å². The van der Waals surface area contributed by atoms with Gasteiger partial charge in [-0.1, -0.05) is 91.0 Å². The lowest BCUT2D eigenvalue weighted by Crippen LogP contribution is -2.29. The monoisotopic (exact) mass is 329 g/mol. The predicted octanol–water partition coefficient (Wildman–Crippen LogP) is 4.74. The fraction of sp³-hybridized carbons (Fsp3) is 0.174. The lowest BCUT2D eigenvalue weighted by molar-refractivity contribution is -0.119. The summed E-state index contributed by atoms with van der Waals surface area (Å²) in [5.41, 5.74) is 3.75. The molecule has 0 aliphatic carbocycles. The molecule has 0 saturated heterocycles. The van der Waals surface area contributed by atoms with Crippen molar-refractivity contribution in [1.82, 2.24) is 5.32 Å². The third-order valence-electron chi connectivity index (χ3n) is 4.52. The molecule has 2 nitrogen and oxygen atoms in total. The van der Waals surface area contributed by atoms with E-state index in [-0.39, 0.29) is 17.7 Å². The highest BCUT2D eigenvalue weighted by atomic mass is 16.1. The fourth-order valence-electron chi connectivity index (χ4n) is 3.36. The normalized spacial score (nSPS) is 11.9. The lowest BCUT2D eigenvalue weighted by atomic mass is 9.77. The molecule has 1 unspecified atom stereocenters. The Morgan fingerprint density at radius 3 is 1.52 bits per heavy atom. The molecule has 0 bridgehead atoms. The van der Waals surface area contributed by atoms with Crippen molar-refractivity contribution in [2.75, 3.05) is 6.54 Å². The van der Waals surface area contributed by atoms with Crippen LogP contribution in [0, 0.1) is 0 Å². The van der Waals surface area contributed by atoms with Gasteiger partial charge in [-0.05, 0) is 16.7 Å². The van der Waals surface area contributed by atoms with Crippen molar-refractivity contribution < 1.29 is 4.79 Å². The second kappa shape index (κ2) is 8.29. The molecule has 0 aliphatic rings. The highest BCUT2D eigenvalue weighted by molar-refractivity contribution is 5.72. The Morgan fingerprint density at radius 1 is 0.720 bits per heavy atom. The second-order valence-corrected chi connectivity index (χ2v) is 6.25. The van der Waals surface area contributed by atoms with Crippen LogP contribution in [0.15, 0.2) is 91.0 Å². The summed E-state index contributed by atoms with van der Waals surface area (Å²) in [6.07, 6.45) is 0. The van der Waals surface area contributed by atoms with Gasteiger partial charge >= 0.3 is 0 Å². The molecule has 1 N–H and O–H groups in total. The molecule has 0 aliphatic heterocycles. The first-order valence-corrected chi connectivity index (χ1v) is 8.65. The predicted molar refractivity (Wildman–Crippen MR) is 103 cm³/mol. The topological polar surface area (TPSA) is 29.1 Å². The van der Waals surface area contributed by atoms with Crippen LogP contribution in [0.4, 0.5) is 0 Å². The number of carbonyl (C=O) groups is 1. The molecule has 126 valence electrons. The standard InChI is InChI=1S/C23H23NO/c1-18(25)24-17-22(19-11-5-2-6-12-19)23(20-13-7-3-8-14-20)21-15-9-4-10-16-21/h2-16,22-23H,17H2,1H3,(H,24,25). The number of nitrogens with one attached hydrogen (secondary N) is 1. The quantitative estimate of drug-likeness (QED) is 0.695. The molecule has 1 amide bonds. The van der Waals surface area contributed by atoms with E-state index in [4.69, 9.17) is 0 Å². The van der Waals surface area contributed by atoms with Gasteiger partial charge in [-0.3, -0.25) is 4.79 Å². The smallest absolute Gasteiger partial charge is 0.216 e. The van der Waals surface area contributed by atoms with Crippen LogP contribution in [0.25, 0.3) is 0 Å². The summed E-state index contributed by atoms with van der Waals surface area (Å²) < 4.78 is 0. The maximum Gasteiger partial charge on any atom is 0.216 e. The number of amides is 1. The molecule has 0 fully saturated rings. The van der Waals surface area contributed by atoms with Crippen molar-refractivity contribution in [3.63, 3.8) is 0 Å². The highest BCUT2D eigenvalue weighted by Gasteiger charge is 2.26. The molecule has 0 aromatic heterocycles. The number of benzene rings is 3. The van der Waals surface area contributed by atoms with Crippen LogP contribution >= 0.6 is 0 Å². The number of rotatable bonds is 6. The van der Waals surface area contributed by atoms with Gasteiger partial charge in [0.1, 0.15) is 0 Å². The summed E-state index contributed by atoms with van der Waals surface area (Å²) in [4.78, 5) is 11.6. The zero-order valence-corrected chi connectivity index (χ0v) is 14.4. The Kier molecular flexibility index (Phi) is 5.63. The Balaban J connectivity index is 2.07. The van der Waals surface area contributed by atoms with Gasteiger partial charge in [0.15, 0.2) is 0 Å². The minimum Gasteiger partial charge on any atom is -0.356 e. The molecule has 3 aromatic carbocycles. The van der Waals surface area contributed by atoms with E-state index in [2.05, 4.69) is 78.1 Å². The van der Waals surface area contributed by atoms with Gasteiger partial charge in [-0.2, -0.15) is 0 Å². The molecule has 2 heteroatoms. The number of hydrogen-bond acceptors (Lipinski definition) is 1. The van der Waals surface area contributed by atoms with Gasteiger partial charge in [-0.25, -0.2) is 0 Å². The van der Waals surface area contributed by atoms with E-state index < -0.39 is 0 Å². The SMILES string of the molecule is CC(=O)NCC(c1ccccc1)C(c1ccccc1)c1ccccc1. The number of carbonyl (C=O) groups excluding carboxylic acids is 1. The fourth-order valence-corrected chi connectivity index (χ4v) is 3.36. The minimum absolute atomic E-state index is 0.000745. The van der Waals surface area contributed by atoms with E-state index >= 15 is 0 Å². The van der Waals surface area contributed by atoms with Crippen LogP contribution < -0.4 is 5.32 Å². The first-order chi connectivity index (χ1) is 12.3. The highest BCUT2D eigenvalue weighted by Crippen LogP contribution is 2.38. The molecule has 0 radical (unpaired) electrons. The Labute approximate surface area is 149 Å². The summed E-state index contributed by atoms with van der Waals surface area (Å²) in [5, 5.41) is 3.03. The van der Waals surface area contributed by atoms with Gasteiger partial charge in [0.05, 0.1) is 0 Å². The van der Waals surface area contributed by atoms with E-state index in [1.54, 1.807) is 6.92 Å². The zero-order chi connectivity index (χ0) is 17.5. The van der Waals surface area contributed by atoms with Crippen molar-refractivity contribution >= 4 is 5.91 Å². The van der Waals surface area contributed by atoms with E-state index in [9.17, 15) is 4.79 Å². The maximum atomic E-state index is 11.6. The first-order valence-electron chi connectivity index (χ1n) is 8.65. The van der Waals surface area contributed by atoms with Gasteiger partial charge < -0.3 is 5.32 Å². The van der Waals surface area contributed by atoms with E-state index in [0.29, 0.717) is 6.54 Å². The Morgan fingerprint density at radius 2 is 1.12 bits per heavy atom. The van der Waals surface area contributed by atoms with Gasteiger partial charge in [-0.15, -0.1) is 0 Å². The molecule has 25 heavy (non-hydrogen) atoms. The van der Waals surface area contributed by atoms with Crippen molar-refractivity contribution in [3.05, 3.63) is 108 Å². The third kappa shape index (κ3) is 4.36. The number of hydrogen-bond donors (Lipinski definition) is 1. The van der Waals surface area contributed by atoms with E-state index in [1.807, 2.05) is 18.2 Å². The molecule has 3 aromatic rings. The molecule has 0 spiro atoms. The van der Waals surface area contributed by atoms with Gasteiger partial charge in [0.2, 0.25) is 5.91 Å². The van der Waals surface area contributed by atoms with Crippen LogP contribution in [-0.4, -0.2) is 12.5 Å². The molecular formula is C23H23NO. The van der Waals surface area contributed by atoms with Crippen LogP contribution in [0.3, 0.4) is 0 Å². The summed E-state index contributed by atoms with van der Waals surface area (Å²) in [5.74, 6) is 0.340. The molecule has 3 rings (SSSR count). The molecule has 1 atom stereocenters. The van der Waals surface area contributed by atoms with E-state index in [0.717, 1.165) is 0 Å². The van der Waals surface area contributed by atoms with E-state index in [1.165, 1.54) is 16.7 Å². The Bertz CT molecular complexity index is 745. The van der Waals surface area contributed by atoms with Crippen LogP contribution in [0.1, 0.15) is 35.4 Å². The van der Waals surface area contributed by atoms with Gasteiger partial charge in [0.25, 0.3) is 0 Å². The molecular weight excluding hydrogens is 306 g/mol. The maximum absolute atomic E-state index is 11.6. The summed E-state index contributed by atoms with van der Waals surface area (Å²) in [7, 11) is 0. The molecule has 0 heterocycles. The van der Waals surface area contributed by atoms with Crippen molar-refractivity contribution in [2.24, 2.45) is 0 Å². The van der Waals surface area contributed by atoms with Crippen molar-refractivity contribution in [3.8, 4) is 0 Å². The molecule has 0 saturated carbocycles. The van der Waals surface area contributed by atoms with Crippen LogP contribution in [0.2, 0.25) is 0 Å². The van der Waals surface area contributed by atoms with Crippen LogP contribution in [0.5, 0.6) is 0 Å².